The molecule has 0 spiro atoms. The summed E-state index contributed by atoms with van der Waals surface area (Å²) in [5.41, 5.74) is 3.64. The molecule has 55 heavy (non-hydrogen) atoms. The van der Waals surface area contributed by atoms with Crippen molar-refractivity contribution in [1.29, 1.82) is 0 Å². The van der Waals surface area contributed by atoms with Gasteiger partial charge in [0, 0.05) is 22.0 Å². The van der Waals surface area contributed by atoms with Crippen molar-refractivity contribution < 1.29 is 46.0 Å². The highest BCUT2D eigenvalue weighted by atomic mass is 16.4. The summed E-state index contributed by atoms with van der Waals surface area (Å²) >= 11 is 0. The van der Waals surface area contributed by atoms with Crippen molar-refractivity contribution in [2.24, 2.45) is 5.41 Å². The summed E-state index contributed by atoms with van der Waals surface area (Å²) < 4.78 is 3.33. The van der Waals surface area contributed by atoms with E-state index in [1.54, 1.807) is 12.1 Å². The van der Waals surface area contributed by atoms with E-state index in [1.807, 2.05) is 88.4 Å². The van der Waals surface area contributed by atoms with Crippen LogP contribution in [-0.4, -0.2) is 68.0 Å². The highest BCUT2D eigenvalue weighted by Crippen LogP contribution is 2.59. The lowest BCUT2D eigenvalue weighted by Crippen LogP contribution is -2.40. The van der Waals surface area contributed by atoms with Crippen LogP contribution in [0.4, 0.5) is 0 Å². The topological polar surface area (TPSA) is 192 Å². The van der Waals surface area contributed by atoms with Crippen LogP contribution in [0, 0.1) is 5.41 Å². The van der Waals surface area contributed by atoms with Gasteiger partial charge in [0.2, 0.25) is 23.0 Å². The summed E-state index contributed by atoms with van der Waals surface area (Å²) in [4.78, 5) is 0. The highest BCUT2D eigenvalue weighted by molar-refractivity contribution is 6.53. The van der Waals surface area contributed by atoms with Gasteiger partial charge in [-0.05, 0) is 49.1 Å². The second-order valence-electron chi connectivity index (χ2n) is 15.3. The van der Waals surface area contributed by atoms with E-state index < -0.39 is 62.4 Å². The number of para-hydroxylation sites is 1. The minimum Gasteiger partial charge on any atom is -0.504 e. The Kier molecular flexibility index (Phi) is 7.84. The largest absolute Gasteiger partial charge is 0.504 e. The van der Waals surface area contributed by atoms with Crippen molar-refractivity contribution in [3.63, 3.8) is 0 Å². The SMILES string of the molecule is CC(C)(O)C(C)(C)CBc1ccc(-c2ccccc2)c(-n2c3ccccc3c3ccc(-n4c5c(O)c(O)c(O)c(O)c5c5c(O)c(O)c(O)c(O)c54)cc32)c1. The number of hydrogen-bond donors (Lipinski definition) is 9. The summed E-state index contributed by atoms with van der Waals surface area (Å²) in [5, 5.41) is 99.0. The molecule has 8 aromatic rings. The third kappa shape index (κ3) is 5.16. The fourth-order valence-corrected chi connectivity index (χ4v) is 7.55. The van der Waals surface area contributed by atoms with Crippen molar-refractivity contribution in [2.75, 3.05) is 0 Å². The number of hydrogen-bond acceptors (Lipinski definition) is 9. The lowest BCUT2D eigenvalue weighted by atomic mass is 9.56. The molecule has 2 aromatic heterocycles. The zero-order valence-corrected chi connectivity index (χ0v) is 30.5. The first-order valence-electron chi connectivity index (χ1n) is 17.8. The van der Waals surface area contributed by atoms with Gasteiger partial charge in [-0.1, -0.05) is 92.4 Å². The predicted octanol–water partition coefficient (Wildman–Crippen LogP) is 7.47. The van der Waals surface area contributed by atoms with E-state index in [2.05, 4.69) is 22.8 Å². The molecule has 2 heterocycles. The molecule has 0 unspecified atom stereocenters. The molecule has 0 bridgehead atoms. The van der Waals surface area contributed by atoms with Gasteiger partial charge in [-0.3, -0.25) is 0 Å². The monoisotopic (exact) mass is 738 g/mol. The maximum absolute atomic E-state index is 11.3. The van der Waals surface area contributed by atoms with Gasteiger partial charge in [-0.15, -0.1) is 0 Å². The Bertz CT molecular complexity index is 2790. The molecule has 0 aliphatic carbocycles. The van der Waals surface area contributed by atoms with Crippen LogP contribution >= 0.6 is 0 Å². The minimum absolute atomic E-state index is 0.250. The molecule has 0 saturated carbocycles. The average molecular weight is 739 g/mol. The standard InChI is InChI=1S/C43H39BN2O9/c1-42(2,43(3,4)55)20-44-22-14-16-24(21-10-6-5-7-11-21)28(18-22)46-27-13-9-8-12-25(27)26-17-15-23(19-29(26)46)45-32-30(34(47)38(51)40(53)36(32)49)31-33(45)37(50)41(54)39(52)35(31)48/h5-19,44,47-55H,20H2,1-4H3. The highest BCUT2D eigenvalue weighted by Gasteiger charge is 2.35. The lowest BCUT2D eigenvalue weighted by molar-refractivity contribution is -0.0236. The van der Waals surface area contributed by atoms with Crippen molar-refractivity contribution >= 4 is 56.4 Å². The number of aromatic hydroxyl groups is 8. The van der Waals surface area contributed by atoms with Crippen molar-refractivity contribution in [3.8, 4) is 68.5 Å². The van der Waals surface area contributed by atoms with E-state index >= 15 is 0 Å². The third-order valence-electron chi connectivity index (χ3n) is 11.4. The van der Waals surface area contributed by atoms with Gasteiger partial charge in [0.25, 0.3) is 0 Å². The van der Waals surface area contributed by atoms with Gasteiger partial charge in [-0.2, -0.15) is 0 Å². The van der Waals surface area contributed by atoms with E-state index in [1.165, 1.54) is 4.57 Å². The second kappa shape index (κ2) is 12.2. The minimum atomic E-state index is -1.09. The molecule has 11 nitrogen and oxygen atoms in total. The van der Waals surface area contributed by atoms with Crippen LogP contribution in [-0.2, 0) is 0 Å². The van der Waals surface area contributed by atoms with E-state index in [-0.39, 0.29) is 22.1 Å². The Morgan fingerprint density at radius 3 is 1.67 bits per heavy atom. The molecule has 9 N–H and O–H groups in total. The molecule has 0 atom stereocenters. The van der Waals surface area contributed by atoms with Crippen LogP contribution in [0.15, 0.2) is 91.0 Å². The number of rotatable bonds is 7. The van der Waals surface area contributed by atoms with Gasteiger partial charge >= 0.3 is 0 Å². The fraction of sp³-hybridized carbons (Fsp3) is 0.163. The smallest absolute Gasteiger partial charge is 0.206 e. The van der Waals surface area contributed by atoms with Crippen molar-refractivity contribution in [1.82, 2.24) is 9.13 Å². The maximum atomic E-state index is 11.3. The summed E-state index contributed by atoms with van der Waals surface area (Å²) in [6.07, 6.45) is 0.712. The molecule has 12 heteroatoms. The third-order valence-corrected chi connectivity index (χ3v) is 11.4. The summed E-state index contributed by atoms with van der Waals surface area (Å²) in [7, 11) is 0.682. The average Bonchev–Trinajstić information content (AvgIpc) is 3.70. The molecule has 0 saturated heterocycles. The molecule has 0 aliphatic rings. The van der Waals surface area contributed by atoms with E-state index in [9.17, 15) is 46.0 Å². The Morgan fingerprint density at radius 2 is 1.07 bits per heavy atom. The first kappa shape index (κ1) is 35.4. The molecule has 6 aromatic carbocycles. The van der Waals surface area contributed by atoms with Crippen molar-refractivity contribution in [3.05, 3.63) is 91.0 Å². The van der Waals surface area contributed by atoms with Crippen LogP contribution in [0.25, 0.3) is 66.1 Å². The maximum Gasteiger partial charge on any atom is 0.206 e. The van der Waals surface area contributed by atoms with Crippen LogP contribution in [0.2, 0.25) is 6.32 Å². The fourth-order valence-electron chi connectivity index (χ4n) is 7.55. The van der Waals surface area contributed by atoms with Crippen LogP contribution < -0.4 is 5.46 Å². The number of benzene rings is 6. The number of phenols is 8. The van der Waals surface area contributed by atoms with E-state index in [4.69, 9.17) is 0 Å². The normalized spacial score (nSPS) is 12.4. The van der Waals surface area contributed by atoms with Crippen LogP contribution in [0.5, 0.6) is 46.0 Å². The number of phenolic OH excluding ortho intramolecular Hbond substituents is 8. The Hall–Kier alpha value is -6.66. The van der Waals surface area contributed by atoms with Gasteiger partial charge in [-0.25, -0.2) is 0 Å². The zero-order chi connectivity index (χ0) is 39.3. The number of aliphatic hydroxyl groups is 1. The summed E-state index contributed by atoms with van der Waals surface area (Å²) in [6.45, 7) is 7.74. The van der Waals surface area contributed by atoms with E-state index in [0.29, 0.717) is 19.1 Å². The van der Waals surface area contributed by atoms with Gasteiger partial charge < -0.3 is 55.1 Å². The number of fused-ring (bicyclic) bond motifs is 6. The molecular formula is C43H39BN2O9. The molecule has 0 aliphatic heterocycles. The van der Waals surface area contributed by atoms with E-state index in [0.717, 1.165) is 38.6 Å². The summed E-state index contributed by atoms with van der Waals surface area (Å²) in [6, 6.07) is 29.4. The molecule has 0 amide bonds. The molecule has 278 valence electrons. The first-order chi connectivity index (χ1) is 26.0. The first-order valence-corrected chi connectivity index (χ1v) is 17.8. The molecule has 8 rings (SSSR count). The number of nitrogens with zero attached hydrogens (tertiary/aromatic N) is 2. The summed E-state index contributed by atoms with van der Waals surface area (Å²) in [5.74, 6) is -7.98. The molecule has 0 radical (unpaired) electrons. The van der Waals surface area contributed by atoms with Gasteiger partial charge in [0.1, 0.15) is 11.0 Å². The Labute approximate surface area is 315 Å². The van der Waals surface area contributed by atoms with Crippen LogP contribution in [0.3, 0.4) is 0 Å². The zero-order valence-electron chi connectivity index (χ0n) is 30.5. The quantitative estimate of drug-likeness (QED) is 0.0453. The Balaban J connectivity index is 1.47. The van der Waals surface area contributed by atoms with Gasteiger partial charge in [0.05, 0.1) is 33.1 Å². The lowest BCUT2D eigenvalue weighted by Gasteiger charge is -2.37. The van der Waals surface area contributed by atoms with Crippen LogP contribution in [0.1, 0.15) is 27.7 Å². The number of aromatic nitrogens is 2. The van der Waals surface area contributed by atoms with Crippen molar-refractivity contribution in [2.45, 2.75) is 39.6 Å². The Morgan fingerprint density at radius 1 is 0.527 bits per heavy atom. The van der Waals surface area contributed by atoms with Gasteiger partial charge in [0.15, 0.2) is 30.3 Å². The second-order valence-corrected chi connectivity index (χ2v) is 15.3. The molecule has 0 fully saturated rings. The predicted molar refractivity (Wildman–Crippen MR) is 216 cm³/mol. The molecular weight excluding hydrogens is 699 g/mol.